The summed E-state index contributed by atoms with van der Waals surface area (Å²) < 4.78 is 0. The van der Waals surface area contributed by atoms with Crippen LogP contribution in [0.15, 0.2) is 29.3 Å². The highest BCUT2D eigenvalue weighted by Crippen LogP contribution is 2.27. The van der Waals surface area contributed by atoms with Gasteiger partial charge in [-0.2, -0.15) is 0 Å². The first-order valence-electron chi connectivity index (χ1n) is 4.59. The second-order valence-electron chi connectivity index (χ2n) is 3.33. The van der Waals surface area contributed by atoms with Crippen LogP contribution in [0, 0.1) is 6.92 Å². The highest BCUT2D eigenvalue weighted by molar-refractivity contribution is 6.42. The molecule has 0 bridgehead atoms. The molecule has 0 aliphatic heterocycles. The van der Waals surface area contributed by atoms with Crippen LogP contribution in [-0.2, 0) is 0 Å². The van der Waals surface area contributed by atoms with Crippen molar-refractivity contribution in [1.82, 2.24) is 9.97 Å². The molecule has 2 rings (SSSR count). The first-order chi connectivity index (χ1) is 7.59. The summed E-state index contributed by atoms with van der Waals surface area (Å²) >= 11 is 11.7. The summed E-state index contributed by atoms with van der Waals surface area (Å²) in [5.74, 6) is 0. The molecule has 5 heteroatoms. The van der Waals surface area contributed by atoms with Gasteiger partial charge in [-0.25, -0.2) is 4.98 Å². The number of H-pyrrole nitrogens is 1. The normalized spacial score (nSPS) is 10.4. The van der Waals surface area contributed by atoms with Gasteiger partial charge in [0.15, 0.2) is 0 Å². The first-order valence-corrected chi connectivity index (χ1v) is 5.35. The fraction of sp³-hybridized carbons (Fsp3) is 0.0909. The third-order valence-corrected chi connectivity index (χ3v) is 3.02. The molecular weight excluding hydrogens is 247 g/mol. The summed E-state index contributed by atoms with van der Waals surface area (Å²) in [6, 6.07) is 5.16. The summed E-state index contributed by atoms with van der Waals surface area (Å²) in [6.07, 6.45) is 1.37. The minimum atomic E-state index is -0.156. The van der Waals surface area contributed by atoms with Crippen molar-refractivity contribution in [2.75, 3.05) is 0 Å². The van der Waals surface area contributed by atoms with E-state index in [-0.39, 0.29) is 5.56 Å². The number of aromatic nitrogens is 2. The zero-order chi connectivity index (χ0) is 11.7. The fourth-order valence-corrected chi connectivity index (χ4v) is 1.70. The Kier molecular flexibility index (Phi) is 2.99. The van der Waals surface area contributed by atoms with Gasteiger partial charge in [0, 0.05) is 11.1 Å². The SMILES string of the molecule is Cc1c(-c2ccc(Cl)c(Cl)c2)nc[nH]c1=O. The first kappa shape index (κ1) is 11.2. The van der Waals surface area contributed by atoms with Crippen molar-refractivity contribution in [2.45, 2.75) is 6.92 Å². The van der Waals surface area contributed by atoms with Gasteiger partial charge in [-0.3, -0.25) is 4.79 Å². The molecule has 0 aliphatic carbocycles. The number of benzene rings is 1. The van der Waals surface area contributed by atoms with Crippen LogP contribution in [0.5, 0.6) is 0 Å². The van der Waals surface area contributed by atoms with E-state index in [0.717, 1.165) is 5.56 Å². The van der Waals surface area contributed by atoms with Crippen molar-refractivity contribution in [3.05, 3.63) is 50.5 Å². The van der Waals surface area contributed by atoms with Gasteiger partial charge in [0.2, 0.25) is 0 Å². The third-order valence-electron chi connectivity index (χ3n) is 2.28. The van der Waals surface area contributed by atoms with E-state index in [1.165, 1.54) is 6.33 Å². The molecule has 1 N–H and O–H groups in total. The Hall–Kier alpha value is -1.32. The van der Waals surface area contributed by atoms with Gasteiger partial charge < -0.3 is 4.98 Å². The molecular formula is C11H8Cl2N2O. The van der Waals surface area contributed by atoms with Crippen LogP contribution in [0.25, 0.3) is 11.3 Å². The molecule has 0 saturated carbocycles. The van der Waals surface area contributed by atoms with Crippen LogP contribution in [-0.4, -0.2) is 9.97 Å². The van der Waals surface area contributed by atoms with E-state index in [1.54, 1.807) is 25.1 Å². The molecule has 2 aromatic rings. The largest absolute Gasteiger partial charge is 0.313 e. The van der Waals surface area contributed by atoms with E-state index in [9.17, 15) is 4.79 Å². The molecule has 0 atom stereocenters. The average Bonchev–Trinajstić information content (AvgIpc) is 2.26. The summed E-state index contributed by atoms with van der Waals surface area (Å²) in [5.41, 5.74) is 1.79. The molecule has 0 aliphatic rings. The van der Waals surface area contributed by atoms with E-state index in [2.05, 4.69) is 9.97 Å². The Morgan fingerprint density at radius 1 is 1.25 bits per heavy atom. The van der Waals surface area contributed by atoms with Crippen LogP contribution >= 0.6 is 23.2 Å². The quantitative estimate of drug-likeness (QED) is 0.851. The lowest BCUT2D eigenvalue weighted by atomic mass is 10.1. The smallest absolute Gasteiger partial charge is 0.254 e. The molecule has 16 heavy (non-hydrogen) atoms. The minimum absolute atomic E-state index is 0.156. The molecule has 0 amide bonds. The minimum Gasteiger partial charge on any atom is -0.313 e. The van der Waals surface area contributed by atoms with Crippen molar-refractivity contribution in [3.8, 4) is 11.3 Å². The Morgan fingerprint density at radius 2 is 2.00 bits per heavy atom. The maximum atomic E-state index is 11.4. The summed E-state index contributed by atoms with van der Waals surface area (Å²) in [6.45, 7) is 1.71. The predicted octanol–water partition coefficient (Wildman–Crippen LogP) is 3.05. The monoisotopic (exact) mass is 254 g/mol. The van der Waals surface area contributed by atoms with E-state index >= 15 is 0 Å². The molecule has 0 radical (unpaired) electrons. The topological polar surface area (TPSA) is 45.8 Å². The number of nitrogens with one attached hydrogen (secondary N) is 1. The molecule has 0 spiro atoms. The van der Waals surface area contributed by atoms with Crippen molar-refractivity contribution in [2.24, 2.45) is 0 Å². The van der Waals surface area contributed by atoms with Gasteiger partial charge in [0.25, 0.3) is 5.56 Å². The number of nitrogens with zero attached hydrogens (tertiary/aromatic N) is 1. The summed E-state index contributed by atoms with van der Waals surface area (Å²) in [7, 11) is 0. The highest BCUT2D eigenvalue weighted by atomic mass is 35.5. The molecule has 1 heterocycles. The van der Waals surface area contributed by atoms with E-state index in [1.807, 2.05) is 0 Å². The number of aromatic amines is 1. The van der Waals surface area contributed by atoms with Crippen LogP contribution in [0.3, 0.4) is 0 Å². The van der Waals surface area contributed by atoms with Gasteiger partial charge in [0.1, 0.15) is 0 Å². The zero-order valence-corrected chi connectivity index (χ0v) is 9.93. The third kappa shape index (κ3) is 1.96. The Balaban J connectivity index is 2.63. The van der Waals surface area contributed by atoms with Gasteiger partial charge in [-0.15, -0.1) is 0 Å². The molecule has 0 unspecified atom stereocenters. The molecule has 3 nitrogen and oxygen atoms in total. The maximum absolute atomic E-state index is 11.4. The van der Waals surface area contributed by atoms with E-state index in [4.69, 9.17) is 23.2 Å². The average molecular weight is 255 g/mol. The summed E-state index contributed by atoms with van der Waals surface area (Å²) in [4.78, 5) is 18.0. The number of hydrogen-bond acceptors (Lipinski definition) is 2. The van der Waals surface area contributed by atoms with E-state index < -0.39 is 0 Å². The lowest BCUT2D eigenvalue weighted by molar-refractivity contribution is 1.08. The molecule has 82 valence electrons. The molecule has 0 fully saturated rings. The van der Waals surface area contributed by atoms with Gasteiger partial charge in [-0.1, -0.05) is 29.3 Å². The number of rotatable bonds is 1. The van der Waals surface area contributed by atoms with Gasteiger partial charge in [-0.05, 0) is 19.1 Å². The lowest BCUT2D eigenvalue weighted by Gasteiger charge is -2.04. The van der Waals surface area contributed by atoms with Crippen LogP contribution in [0.4, 0.5) is 0 Å². The van der Waals surface area contributed by atoms with Gasteiger partial charge >= 0.3 is 0 Å². The second kappa shape index (κ2) is 4.28. The second-order valence-corrected chi connectivity index (χ2v) is 4.15. The van der Waals surface area contributed by atoms with Crippen molar-refractivity contribution in [3.63, 3.8) is 0 Å². The van der Waals surface area contributed by atoms with Crippen LogP contribution in [0.1, 0.15) is 5.56 Å². The predicted molar refractivity (Wildman–Crippen MR) is 65.1 cm³/mol. The van der Waals surface area contributed by atoms with Gasteiger partial charge in [0.05, 0.1) is 22.1 Å². The standard InChI is InChI=1S/C11H8Cl2N2O/c1-6-10(14-5-15-11(6)16)7-2-3-8(12)9(13)4-7/h2-5H,1H3,(H,14,15,16). The number of hydrogen-bond donors (Lipinski definition) is 1. The lowest BCUT2D eigenvalue weighted by Crippen LogP contribution is -2.11. The van der Waals surface area contributed by atoms with Crippen LogP contribution in [0.2, 0.25) is 10.0 Å². The molecule has 1 aromatic heterocycles. The van der Waals surface area contributed by atoms with Crippen molar-refractivity contribution < 1.29 is 0 Å². The zero-order valence-electron chi connectivity index (χ0n) is 8.42. The van der Waals surface area contributed by atoms with E-state index in [0.29, 0.717) is 21.3 Å². The molecule has 0 saturated heterocycles. The van der Waals surface area contributed by atoms with Crippen LogP contribution < -0.4 is 5.56 Å². The maximum Gasteiger partial charge on any atom is 0.254 e. The Morgan fingerprint density at radius 3 is 2.69 bits per heavy atom. The Labute approximate surface area is 102 Å². The molecule has 1 aromatic carbocycles. The van der Waals surface area contributed by atoms with Crippen molar-refractivity contribution in [1.29, 1.82) is 0 Å². The number of halogens is 2. The summed E-state index contributed by atoms with van der Waals surface area (Å²) in [5, 5.41) is 0.925. The fourth-order valence-electron chi connectivity index (χ4n) is 1.40. The Bertz CT molecular complexity index is 593. The highest BCUT2D eigenvalue weighted by Gasteiger charge is 2.08. The van der Waals surface area contributed by atoms with Crippen molar-refractivity contribution >= 4 is 23.2 Å².